The molecule has 1 aliphatic carbocycles. The fraction of sp³-hybridized carbons (Fsp3) is 0.812. The van der Waals surface area contributed by atoms with Gasteiger partial charge in [-0.1, -0.05) is 6.08 Å². The fourth-order valence-corrected chi connectivity index (χ4v) is 1.54. The molecule has 0 saturated heterocycles. The molecular formula is C16H28O5. The molecule has 21 heavy (non-hydrogen) atoms. The minimum absolute atomic E-state index is 0.116. The summed E-state index contributed by atoms with van der Waals surface area (Å²) in [5.41, 5.74) is -2.82. The van der Waals surface area contributed by atoms with Crippen LogP contribution in [0.4, 0.5) is 0 Å². The Balaban J connectivity index is 2.75. The van der Waals surface area contributed by atoms with Crippen LogP contribution in [0.1, 0.15) is 61.8 Å². The quantitative estimate of drug-likeness (QED) is 0.451. The van der Waals surface area contributed by atoms with Crippen LogP contribution >= 0.6 is 0 Å². The minimum Gasteiger partial charge on any atom is -0.296 e. The van der Waals surface area contributed by atoms with Gasteiger partial charge < -0.3 is 0 Å². The molecule has 0 N–H and O–H groups in total. The number of Topliss-reactive ketones (excluding diaryl/α,β-unsaturated/α-hetero) is 1. The second-order valence-corrected chi connectivity index (χ2v) is 7.91. The van der Waals surface area contributed by atoms with Crippen molar-refractivity contribution in [1.82, 2.24) is 0 Å². The molecule has 0 amide bonds. The van der Waals surface area contributed by atoms with Crippen LogP contribution in [0.2, 0.25) is 0 Å². The summed E-state index contributed by atoms with van der Waals surface area (Å²) in [6.07, 6.45) is 3.60. The molecule has 2 unspecified atom stereocenters. The van der Waals surface area contributed by atoms with E-state index in [-0.39, 0.29) is 12.2 Å². The normalized spacial score (nSPS) is 30.8. The van der Waals surface area contributed by atoms with E-state index in [1.165, 1.54) is 0 Å². The van der Waals surface area contributed by atoms with Crippen LogP contribution in [-0.2, 0) is 24.3 Å². The topological polar surface area (TPSA) is 54.0 Å². The van der Waals surface area contributed by atoms with Crippen molar-refractivity contribution < 1.29 is 24.3 Å². The summed E-state index contributed by atoms with van der Waals surface area (Å²) in [7, 11) is 0. The summed E-state index contributed by atoms with van der Waals surface area (Å²) < 4.78 is 0. The van der Waals surface area contributed by atoms with Crippen LogP contribution in [-0.4, -0.2) is 28.2 Å². The average Bonchev–Trinajstić information content (AvgIpc) is 2.29. The fourth-order valence-electron chi connectivity index (χ4n) is 1.54. The molecule has 0 aromatic carbocycles. The molecule has 0 fully saturated rings. The van der Waals surface area contributed by atoms with Crippen LogP contribution in [0, 0.1) is 0 Å². The van der Waals surface area contributed by atoms with Crippen LogP contribution in [0.25, 0.3) is 0 Å². The van der Waals surface area contributed by atoms with Gasteiger partial charge in [0, 0.05) is 6.42 Å². The van der Waals surface area contributed by atoms with Crippen molar-refractivity contribution in [3.8, 4) is 0 Å². The van der Waals surface area contributed by atoms with Gasteiger partial charge in [-0.2, -0.15) is 0 Å². The first-order valence-corrected chi connectivity index (χ1v) is 7.22. The summed E-state index contributed by atoms with van der Waals surface area (Å²) in [6, 6.07) is 0. The van der Waals surface area contributed by atoms with Crippen molar-refractivity contribution in [2.45, 2.75) is 84.2 Å². The van der Waals surface area contributed by atoms with Crippen molar-refractivity contribution >= 4 is 5.78 Å². The third kappa shape index (κ3) is 5.87. The van der Waals surface area contributed by atoms with Crippen molar-refractivity contribution in [2.24, 2.45) is 0 Å². The Bertz CT molecular complexity index is 415. The zero-order chi connectivity index (χ0) is 16.5. The molecule has 2 atom stereocenters. The molecule has 0 aromatic rings. The Morgan fingerprint density at radius 1 is 0.905 bits per heavy atom. The standard InChI is InChI=1S/C16H28O5/c1-13(2,3)18-20-15(7)9-10-16(8,12(17)11-15)21-19-14(4,5)6/h9-10H,11H2,1-8H3. The number of carbonyl (C=O) groups excluding carboxylic acids is 1. The van der Waals surface area contributed by atoms with Crippen molar-refractivity contribution in [2.75, 3.05) is 0 Å². The van der Waals surface area contributed by atoms with Gasteiger partial charge in [-0.15, -0.1) is 0 Å². The monoisotopic (exact) mass is 300 g/mol. The Hall–Kier alpha value is -0.750. The first-order chi connectivity index (χ1) is 9.25. The van der Waals surface area contributed by atoms with Crippen molar-refractivity contribution in [3.05, 3.63) is 12.2 Å². The van der Waals surface area contributed by atoms with Crippen molar-refractivity contribution in [3.63, 3.8) is 0 Å². The lowest BCUT2D eigenvalue weighted by Gasteiger charge is -2.36. The lowest BCUT2D eigenvalue weighted by Crippen LogP contribution is -2.47. The smallest absolute Gasteiger partial charge is 0.177 e. The van der Waals surface area contributed by atoms with Crippen molar-refractivity contribution in [1.29, 1.82) is 0 Å². The van der Waals surface area contributed by atoms with E-state index in [1.807, 2.05) is 41.5 Å². The molecule has 0 aliphatic heterocycles. The largest absolute Gasteiger partial charge is 0.296 e. The molecule has 122 valence electrons. The summed E-state index contributed by atoms with van der Waals surface area (Å²) in [6.45, 7) is 14.7. The SMILES string of the molecule is CC(C)(C)OOC1(C)C=CC(C)(OOC(C)(C)C)C(=O)C1. The zero-order valence-electron chi connectivity index (χ0n) is 14.4. The van der Waals surface area contributed by atoms with Gasteiger partial charge in [0.1, 0.15) is 5.60 Å². The van der Waals surface area contributed by atoms with E-state index < -0.39 is 22.4 Å². The lowest BCUT2D eigenvalue weighted by molar-refractivity contribution is -0.397. The predicted octanol–water partition coefficient (Wildman–Crippen LogP) is 3.53. The molecule has 0 bridgehead atoms. The first-order valence-electron chi connectivity index (χ1n) is 7.22. The zero-order valence-corrected chi connectivity index (χ0v) is 14.4. The molecule has 1 aliphatic rings. The van der Waals surface area contributed by atoms with Gasteiger partial charge in [-0.25, -0.2) is 19.6 Å². The average molecular weight is 300 g/mol. The van der Waals surface area contributed by atoms with Crippen LogP contribution in [0.15, 0.2) is 12.2 Å². The van der Waals surface area contributed by atoms with E-state index in [1.54, 1.807) is 26.0 Å². The van der Waals surface area contributed by atoms with E-state index in [2.05, 4.69) is 0 Å². The van der Waals surface area contributed by atoms with E-state index in [0.717, 1.165) is 0 Å². The molecule has 0 saturated carbocycles. The van der Waals surface area contributed by atoms with Gasteiger partial charge in [-0.05, 0) is 61.5 Å². The summed E-state index contributed by atoms with van der Waals surface area (Å²) in [5, 5.41) is 0. The van der Waals surface area contributed by atoms with Gasteiger partial charge in [0.15, 0.2) is 11.4 Å². The van der Waals surface area contributed by atoms with Crippen LogP contribution < -0.4 is 0 Å². The maximum absolute atomic E-state index is 12.4. The van der Waals surface area contributed by atoms with E-state index in [0.29, 0.717) is 0 Å². The summed E-state index contributed by atoms with van der Waals surface area (Å²) in [4.78, 5) is 33.8. The third-order valence-corrected chi connectivity index (χ3v) is 2.77. The van der Waals surface area contributed by atoms with Gasteiger partial charge in [0.05, 0.1) is 11.2 Å². The minimum atomic E-state index is -1.10. The molecule has 5 nitrogen and oxygen atoms in total. The number of ketones is 1. The highest BCUT2D eigenvalue weighted by Crippen LogP contribution is 2.33. The number of carbonyl (C=O) groups is 1. The second kappa shape index (κ2) is 5.80. The molecule has 0 radical (unpaired) electrons. The van der Waals surface area contributed by atoms with Crippen LogP contribution in [0.5, 0.6) is 0 Å². The van der Waals surface area contributed by atoms with E-state index >= 15 is 0 Å². The Morgan fingerprint density at radius 3 is 1.81 bits per heavy atom. The Kier molecular flexibility index (Phi) is 5.05. The lowest BCUT2D eigenvalue weighted by atomic mass is 9.83. The number of hydrogen-bond donors (Lipinski definition) is 0. The van der Waals surface area contributed by atoms with Crippen LogP contribution in [0.3, 0.4) is 0 Å². The Morgan fingerprint density at radius 2 is 1.38 bits per heavy atom. The predicted molar refractivity (Wildman–Crippen MR) is 79.4 cm³/mol. The molecule has 1 rings (SSSR count). The van der Waals surface area contributed by atoms with Gasteiger partial charge >= 0.3 is 0 Å². The van der Waals surface area contributed by atoms with Gasteiger partial charge in [0.2, 0.25) is 0 Å². The van der Waals surface area contributed by atoms with E-state index in [4.69, 9.17) is 19.6 Å². The van der Waals surface area contributed by atoms with Gasteiger partial charge in [0.25, 0.3) is 0 Å². The molecule has 0 heterocycles. The highest BCUT2D eigenvalue weighted by Gasteiger charge is 2.44. The highest BCUT2D eigenvalue weighted by molar-refractivity contribution is 5.91. The maximum Gasteiger partial charge on any atom is 0.177 e. The summed E-state index contributed by atoms with van der Waals surface area (Å²) >= 11 is 0. The molecular weight excluding hydrogens is 272 g/mol. The Labute approximate surface area is 127 Å². The highest BCUT2D eigenvalue weighted by atomic mass is 17.2. The van der Waals surface area contributed by atoms with E-state index in [9.17, 15) is 4.79 Å². The number of rotatable bonds is 4. The molecule has 0 spiro atoms. The summed E-state index contributed by atoms with van der Waals surface area (Å²) in [5.74, 6) is -0.116. The molecule has 5 heteroatoms. The molecule has 0 aromatic heterocycles. The first kappa shape index (κ1) is 18.3. The maximum atomic E-state index is 12.4. The number of hydrogen-bond acceptors (Lipinski definition) is 5. The van der Waals surface area contributed by atoms with Gasteiger partial charge in [-0.3, -0.25) is 4.79 Å². The second-order valence-electron chi connectivity index (χ2n) is 7.91. The third-order valence-electron chi connectivity index (χ3n) is 2.77.